The highest BCUT2D eigenvalue weighted by Gasteiger charge is 2.35. The van der Waals surface area contributed by atoms with Gasteiger partial charge in [-0.15, -0.1) is 0 Å². The molecule has 1 fully saturated rings. The lowest BCUT2D eigenvalue weighted by Crippen LogP contribution is -2.49. The van der Waals surface area contributed by atoms with E-state index in [4.69, 9.17) is 4.42 Å². The van der Waals surface area contributed by atoms with Crippen LogP contribution in [0.2, 0.25) is 0 Å². The van der Waals surface area contributed by atoms with Gasteiger partial charge in [-0.05, 0) is 42.5 Å². The summed E-state index contributed by atoms with van der Waals surface area (Å²) in [7, 11) is 0. The molecule has 1 aliphatic carbocycles. The average molecular weight is 497 g/mol. The lowest BCUT2D eigenvalue weighted by Gasteiger charge is -2.33. The number of anilines is 1. The van der Waals surface area contributed by atoms with Crippen molar-refractivity contribution in [1.29, 1.82) is 0 Å². The summed E-state index contributed by atoms with van der Waals surface area (Å²) in [6.07, 6.45) is 8.57. The molecule has 4 aromatic rings. The van der Waals surface area contributed by atoms with Crippen LogP contribution in [-0.2, 0) is 9.59 Å². The highest BCUT2D eigenvalue weighted by atomic mass is 16.3. The third-order valence-electron chi connectivity index (χ3n) is 6.65. The van der Waals surface area contributed by atoms with Crippen molar-refractivity contribution in [2.45, 2.75) is 37.8 Å². The van der Waals surface area contributed by atoms with Crippen LogP contribution in [-0.4, -0.2) is 35.3 Å². The van der Waals surface area contributed by atoms with E-state index < -0.39 is 17.9 Å². The number of benzene rings is 2. The van der Waals surface area contributed by atoms with E-state index >= 15 is 0 Å². The van der Waals surface area contributed by atoms with Gasteiger partial charge in [0.25, 0.3) is 5.91 Å². The first-order valence-electron chi connectivity index (χ1n) is 12.4. The minimum absolute atomic E-state index is 0.0646. The minimum atomic E-state index is -0.979. The van der Waals surface area contributed by atoms with Gasteiger partial charge in [0, 0.05) is 29.4 Å². The van der Waals surface area contributed by atoms with E-state index in [0.29, 0.717) is 11.3 Å². The van der Waals surface area contributed by atoms with Crippen LogP contribution < -0.4 is 15.5 Å². The van der Waals surface area contributed by atoms with Crippen LogP contribution in [0.25, 0.3) is 10.8 Å². The molecule has 2 aromatic carbocycles. The number of hydrogen-bond donors (Lipinski definition) is 2. The molecule has 5 rings (SSSR count). The topological polar surface area (TPSA) is 105 Å². The first-order chi connectivity index (χ1) is 18.1. The Labute approximate surface area is 214 Å². The Kier molecular flexibility index (Phi) is 7.26. The fourth-order valence-corrected chi connectivity index (χ4v) is 4.88. The van der Waals surface area contributed by atoms with Crippen molar-refractivity contribution in [3.8, 4) is 0 Å². The molecule has 1 aliphatic rings. The standard InChI is InChI=1S/C29H28N4O4/c34-26(19-31-28(35)25-15-7-17-37-25)33(24-14-5-9-20-8-1-4-13-23(20)24)27(21-10-6-16-30-18-21)29(36)32-22-11-2-3-12-22/h1,4-10,13-18,22,27H,2-3,11-12,19H2,(H,31,35)(H,32,36)/t27-/m1/s1. The molecule has 3 amide bonds. The molecule has 0 radical (unpaired) electrons. The lowest BCUT2D eigenvalue weighted by molar-refractivity contribution is -0.126. The van der Waals surface area contributed by atoms with Crippen LogP contribution in [0, 0.1) is 0 Å². The van der Waals surface area contributed by atoms with Crippen molar-refractivity contribution in [3.63, 3.8) is 0 Å². The zero-order chi connectivity index (χ0) is 25.6. The Morgan fingerprint density at radius 1 is 0.973 bits per heavy atom. The lowest BCUT2D eigenvalue weighted by atomic mass is 10.0. The Morgan fingerprint density at radius 3 is 2.54 bits per heavy atom. The van der Waals surface area contributed by atoms with Gasteiger partial charge in [-0.25, -0.2) is 0 Å². The van der Waals surface area contributed by atoms with Gasteiger partial charge < -0.3 is 15.1 Å². The third kappa shape index (κ3) is 5.38. The number of aromatic nitrogens is 1. The number of pyridine rings is 1. The molecule has 2 aromatic heterocycles. The molecule has 1 atom stereocenters. The van der Waals surface area contributed by atoms with Crippen molar-refractivity contribution in [2.24, 2.45) is 0 Å². The Morgan fingerprint density at radius 2 is 1.78 bits per heavy atom. The number of carbonyl (C=O) groups is 3. The molecular weight excluding hydrogens is 468 g/mol. The van der Waals surface area contributed by atoms with Gasteiger partial charge in [-0.3, -0.25) is 24.3 Å². The molecule has 0 saturated heterocycles. The predicted molar refractivity (Wildman–Crippen MR) is 140 cm³/mol. The fraction of sp³-hybridized carbons (Fsp3) is 0.241. The predicted octanol–water partition coefficient (Wildman–Crippen LogP) is 4.39. The SMILES string of the molecule is O=C(NCC(=O)N(c1cccc2ccccc12)[C@@H](C(=O)NC1CCCC1)c1cccnc1)c1ccco1. The average Bonchev–Trinajstić information content (AvgIpc) is 3.65. The maximum atomic E-state index is 13.9. The molecule has 8 nitrogen and oxygen atoms in total. The molecule has 0 spiro atoms. The number of amides is 3. The Bertz CT molecular complexity index is 1380. The van der Waals surface area contributed by atoms with Crippen molar-refractivity contribution in [1.82, 2.24) is 15.6 Å². The quantitative estimate of drug-likeness (QED) is 0.377. The van der Waals surface area contributed by atoms with E-state index in [1.54, 1.807) is 30.6 Å². The van der Waals surface area contributed by atoms with E-state index in [1.807, 2.05) is 42.5 Å². The molecular formula is C29H28N4O4. The van der Waals surface area contributed by atoms with Gasteiger partial charge in [0.05, 0.1) is 18.5 Å². The summed E-state index contributed by atoms with van der Waals surface area (Å²) in [5.41, 5.74) is 1.16. The fourth-order valence-electron chi connectivity index (χ4n) is 4.88. The largest absolute Gasteiger partial charge is 0.459 e. The number of carbonyl (C=O) groups excluding carboxylic acids is 3. The monoisotopic (exact) mass is 496 g/mol. The maximum Gasteiger partial charge on any atom is 0.287 e. The zero-order valence-electron chi connectivity index (χ0n) is 20.3. The molecule has 37 heavy (non-hydrogen) atoms. The molecule has 2 heterocycles. The van der Waals surface area contributed by atoms with Crippen LogP contribution in [0.15, 0.2) is 89.8 Å². The smallest absolute Gasteiger partial charge is 0.287 e. The molecule has 0 unspecified atom stereocenters. The van der Waals surface area contributed by atoms with E-state index in [0.717, 1.165) is 36.5 Å². The molecule has 188 valence electrons. The second-order valence-corrected chi connectivity index (χ2v) is 9.10. The summed E-state index contributed by atoms with van der Waals surface area (Å²) in [5, 5.41) is 7.53. The van der Waals surface area contributed by atoms with Crippen LogP contribution in [0.4, 0.5) is 5.69 Å². The van der Waals surface area contributed by atoms with E-state index in [9.17, 15) is 14.4 Å². The summed E-state index contributed by atoms with van der Waals surface area (Å²) in [6.45, 7) is -0.323. The first kappa shape index (κ1) is 24.2. The van der Waals surface area contributed by atoms with Crippen molar-refractivity contribution < 1.29 is 18.8 Å². The maximum absolute atomic E-state index is 13.9. The molecule has 2 N–H and O–H groups in total. The number of nitrogens with zero attached hydrogens (tertiary/aromatic N) is 2. The van der Waals surface area contributed by atoms with Crippen LogP contribution >= 0.6 is 0 Å². The summed E-state index contributed by atoms with van der Waals surface area (Å²) in [5.74, 6) is -1.12. The summed E-state index contributed by atoms with van der Waals surface area (Å²) >= 11 is 0. The highest BCUT2D eigenvalue weighted by Crippen LogP contribution is 2.34. The van der Waals surface area contributed by atoms with E-state index in [2.05, 4.69) is 15.6 Å². The van der Waals surface area contributed by atoms with Gasteiger partial charge in [-0.1, -0.05) is 55.3 Å². The first-order valence-corrected chi connectivity index (χ1v) is 12.4. The number of fused-ring (bicyclic) bond motifs is 1. The van der Waals surface area contributed by atoms with Crippen LogP contribution in [0.3, 0.4) is 0 Å². The second-order valence-electron chi connectivity index (χ2n) is 9.10. The summed E-state index contributed by atoms with van der Waals surface area (Å²) in [4.78, 5) is 46.0. The number of nitrogens with one attached hydrogen (secondary N) is 2. The summed E-state index contributed by atoms with van der Waals surface area (Å²) < 4.78 is 5.15. The second kappa shape index (κ2) is 11.1. The van der Waals surface area contributed by atoms with Crippen molar-refractivity contribution in [2.75, 3.05) is 11.4 Å². The van der Waals surface area contributed by atoms with E-state index in [1.165, 1.54) is 17.2 Å². The summed E-state index contributed by atoms with van der Waals surface area (Å²) in [6, 6.07) is 19.1. The molecule has 1 saturated carbocycles. The minimum Gasteiger partial charge on any atom is -0.459 e. The third-order valence-corrected chi connectivity index (χ3v) is 6.65. The van der Waals surface area contributed by atoms with Gasteiger partial charge in [0.2, 0.25) is 11.8 Å². The van der Waals surface area contributed by atoms with Crippen molar-refractivity contribution in [3.05, 3.63) is 96.7 Å². The van der Waals surface area contributed by atoms with Gasteiger partial charge in [0.15, 0.2) is 5.76 Å². The van der Waals surface area contributed by atoms with Crippen LogP contribution in [0.5, 0.6) is 0 Å². The van der Waals surface area contributed by atoms with E-state index in [-0.39, 0.29) is 24.3 Å². The van der Waals surface area contributed by atoms with Crippen LogP contribution in [0.1, 0.15) is 47.8 Å². The normalized spacial score (nSPS) is 14.3. The van der Waals surface area contributed by atoms with Gasteiger partial charge in [0.1, 0.15) is 6.04 Å². The Hall–Kier alpha value is -4.46. The number of furan rings is 1. The molecule has 0 bridgehead atoms. The zero-order valence-corrected chi connectivity index (χ0v) is 20.3. The molecule has 0 aliphatic heterocycles. The van der Waals surface area contributed by atoms with Gasteiger partial charge >= 0.3 is 0 Å². The number of hydrogen-bond acceptors (Lipinski definition) is 5. The van der Waals surface area contributed by atoms with Gasteiger partial charge in [-0.2, -0.15) is 0 Å². The number of rotatable bonds is 8. The highest BCUT2D eigenvalue weighted by molar-refractivity contribution is 6.09. The van der Waals surface area contributed by atoms with Crippen molar-refractivity contribution >= 4 is 34.2 Å². The Balaban J connectivity index is 1.55. The molecule has 8 heteroatoms.